The molecule has 0 aromatic carbocycles. The number of urea groups is 1. The Morgan fingerprint density at radius 2 is 2.00 bits per heavy atom. The van der Waals surface area contributed by atoms with Crippen molar-refractivity contribution in [3.05, 3.63) is 0 Å². The van der Waals surface area contributed by atoms with Gasteiger partial charge >= 0.3 is 12.0 Å². The third-order valence-electron chi connectivity index (χ3n) is 1.49. The van der Waals surface area contributed by atoms with Crippen LogP contribution in [0.1, 0.15) is 19.3 Å². The predicted octanol–water partition coefficient (Wildman–Crippen LogP) is -0.730. The minimum Gasteiger partial charge on any atom is -0.479 e. The van der Waals surface area contributed by atoms with E-state index in [-0.39, 0.29) is 6.42 Å². The van der Waals surface area contributed by atoms with Crippen LogP contribution in [0.15, 0.2) is 0 Å². The molecule has 0 aromatic heterocycles. The van der Waals surface area contributed by atoms with E-state index in [4.69, 9.17) is 15.9 Å². The van der Waals surface area contributed by atoms with E-state index in [0.29, 0.717) is 19.4 Å². The topological polar surface area (TPSA) is 113 Å². The van der Waals surface area contributed by atoms with Gasteiger partial charge in [-0.25, -0.2) is 9.59 Å². The number of amides is 2. The Bertz CT molecular complexity index is 183. The van der Waals surface area contributed by atoms with Crippen LogP contribution in [0, 0.1) is 0 Å². The van der Waals surface area contributed by atoms with Gasteiger partial charge in [-0.3, -0.25) is 0 Å². The molecule has 0 fully saturated rings. The number of carboxylic acid groups (broad SMARTS) is 1. The lowest BCUT2D eigenvalue weighted by Gasteiger charge is -2.04. The van der Waals surface area contributed by atoms with Crippen molar-refractivity contribution >= 4 is 12.0 Å². The molecule has 0 radical (unpaired) electrons. The van der Waals surface area contributed by atoms with Crippen molar-refractivity contribution in [3.8, 4) is 0 Å². The van der Waals surface area contributed by atoms with E-state index >= 15 is 0 Å². The summed E-state index contributed by atoms with van der Waals surface area (Å²) in [7, 11) is 0. The Balaban J connectivity index is 3.26. The number of aliphatic carboxylic acids is 1. The maximum Gasteiger partial charge on any atom is 0.332 e. The van der Waals surface area contributed by atoms with Crippen molar-refractivity contribution in [2.24, 2.45) is 5.73 Å². The zero-order valence-electron chi connectivity index (χ0n) is 7.19. The fourth-order valence-electron chi connectivity index (χ4n) is 0.798. The van der Waals surface area contributed by atoms with Crippen molar-refractivity contribution in [1.29, 1.82) is 0 Å². The summed E-state index contributed by atoms with van der Waals surface area (Å²) in [5, 5.41) is 19.5. The molecule has 2 amide bonds. The quantitative estimate of drug-likeness (QED) is 0.413. The minimum atomic E-state index is -1.31. The molecule has 0 saturated heterocycles. The molecule has 0 rings (SSSR count). The monoisotopic (exact) mass is 190 g/mol. The van der Waals surface area contributed by atoms with Crippen LogP contribution in [-0.2, 0) is 4.79 Å². The van der Waals surface area contributed by atoms with Crippen LogP contribution >= 0.6 is 0 Å². The minimum absolute atomic E-state index is 0.190. The van der Waals surface area contributed by atoms with Crippen LogP contribution in [-0.4, -0.2) is 34.9 Å². The molecule has 0 aliphatic carbocycles. The average molecular weight is 190 g/mol. The highest BCUT2D eigenvalue weighted by molar-refractivity contribution is 5.72. The first-order valence-corrected chi connectivity index (χ1v) is 3.98. The number of nitrogens with two attached hydrogens (primary N) is 1. The summed E-state index contributed by atoms with van der Waals surface area (Å²) < 4.78 is 0. The van der Waals surface area contributed by atoms with Crippen LogP contribution in [0.5, 0.6) is 0 Å². The highest BCUT2D eigenvalue weighted by atomic mass is 16.4. The Morgan fingerprint density at radius 1 is 1.38 bits per heavy atom. The zero-order chi connectivity index (χ0) is 10.3. The molecule has 6 heteroatoms. The van der Waals surface area contributed by atoms with Gasteiger partial charge in [-0.15, -0.1) is 0 Å². The third kappa shape index (κ3) is 7.07. The number of rotatable bonds is 6. The first kappa shape index (κ1) is 11.7. The third-order valence-corrected chi connectivity index (χ3v) is 1.49. The van der Waals surface area contributed by atoms with E-state index in [9.17, 15) is 9.59 Å². The smallest absolute Gasteiger partial charge is 0.332 e. The predicted molar refractivity (Wildman–Crippen MR) is 45.1 cm³/mol. The van der Waals surface area contributed by atoms with Gasteiger partial charge in [-0.2, -0.15) is 0 Å². The molecule has 5 N–H and O–H groups in total. The summed E-state index contributed by atoms with van der Waals surface area (Å²) >= 11 is 0. The lowest BCUT2D eigenvalue weighted by molar-refractivity contribution is -0.146. The second-order valence-corrected chi connectivity index (χ2v) is 2.64. The van der Waals surface area contributed by atoms with Gasteiger partial charge in [0.05, 0.1) is 0 Å². The SMILES string of the molecule is NC(=O)NCCCC[C@@H](O)C(=O)O. The molecule has 76 valence electrons. The Hall–Kier alpha value is -1.30. The number of carbonyl (C=O) groups is 2. The van der Waals surface area contributed by atoms with Crippen LogP contribution in [0.2, 0.25) is 0 Å². The molecule has 1 atom stereocenters. The summed E-state index contributed by atoms with van der Waals surface area (Å²) in [5.41, 5.74) is 4.79. The van der Waals surface area contributed by atoms with Crippen molar-refractivity contribution in [3.63, 3.8) is 0 Å². The Labute approximate surface area is 75.7 Å². The maximum atomic E-state index is 10.2. The van der Waals surface area contributed by atoms with E-state index in [1.807, 2.05) is 0 Å². The first-order chi connectivity index (χ1) is 6.04. The lowest BCUT2D eigenvalue weighted by Crippen LogP contribution is -2.30. The van der Waals surface area contributed by atoms with E-state index < -0.39 is 18.1 Å². The van der Waals surface area contributed by atoms with Gasteiger partial charge in [-0.1, -0.05) is 0 Å². The number of hydrogen-bond acceptors (Lipinski definition) is 3. The van der Waals surface area contributed by atoms with Gasteiger partial charge in [0.25, 0.3) is 0 Å². The molecule has 0 aliphatic rings. The van der Waals surface area contributed by atoms with Gasteiger partial charge in [0.1, 0.15) is 0 Å². The van der Waals surface area contributed by atoms with E-state index in [1.54, 1.807) is 0 Å². The summed E-state index contributed by atoms with van der Waals surface area (Å²) in [6, 6.07) is -0.598. The van der Waals surface area contributed by atoms with Crippen LogP contribution in [0.25, 0.3) is 0 Å². The summed E-state index contributed by atoms with van der Waals surface area (Å²) in [4.78, 5) is 20.3. The molecular formula is C7H14N2O4. The molecule has 0 saturated carbocycles. The second kappa shape index (κ2) is 6.24. The number of carboxylic acids is 1. The molecular weight excluding hydrogens is 176 g/mol. The fourth-order valence-corrected chi connectivity index (χ4v) is 0.798. The zero-order valence-corrected chi connectivity index (χ0v) is 7.19. The Morgan fingerprint density at radius 3 is 2.46 bits per heavy atom. The summed E-state index contributed by atoms with van der Waals surface area (Å²) in [6.07, 6.45) is 0.0187. The van der Waals surface area contributed by atoms with Crippen molar-refractivity contribution in [2.45, 2.75) is 25.4 Å². The number of hydrogen-bond donors (Lipinski definition) is 4. The van der Waals surface area contributed by atoms with Gasteiger partial charge in [-0.05, 0) is 19.3 Å². The van der Waals surface area contributed by atoms with Crippen LogP contribution in [0.4, 0.5) is 4.79 Å². The number of unbranched alkanes of at least 4 members (excludes halogenated alkanes) is 1. The molecule has 0 bridgehead atoms. The first-order valence-electron chi connectivity index (χ1n) is 3.98. The largest absolute Gasteiger partial charge is 0.479 e. The number of primary amides is 1. The fraction of sp³-hybridized carbons (Fsp3) is 0.714. The van der Waals surface area contributed by atoms with Gasteiger partial charge in [0.15, 0.2) is 6.10 Å². The molecule has 0 heterocycles. The Kier molecular flexibility index (Phi) is 5.62. The van der Waals surface area contributed by atoms with E-state index in [2.05, 4.69) is 5.32 Å². The van der Waals surface area contributed by atoms with Crippen molar-refractivity contribution in [1.82, 2.24) is 5.32 Å². The van der Waals surface area contributed by atoms with Crippen LogP contribution < -0.4 is 11.1 Å². The number of carbonyl (C=O) groups excluding carboxylic acids is 1. The second-order valence-electron chi connectivity index (χ2n) is 2.64. The van der Waals surface area contributed by atoms with Crippen LogP contribution in [0.3, 0.4) is 0 Å². The number of aliphatic hydroxyl groups excluding tert-OH is 1. The summed E-state index contributed by atoms with van der Waals surface area (Å²) in [6.45, 7) is 0.404. The maximum absolute atomic E-state index is 10.2. The average Bonchev–Trinajstić information content (AvgIpc) is 2.02. The number of nitrogens with one attached hydrogen (secondary N) is 1. The molecule has 6 nitrogen and oxygen atoms in total. The molecule has 0 spiro atoms. The molecule has 0 aromatic rings. The molecule has 13 heavy (non-hydrogen) atoms. The van der Waals surface area contributed by atoms with Crippen molar-refractivity contribution < 1.29 is 19.8 Å². The van der Waals surface area contributed by atoms with Gasteiger partial charge < -0.3 is 21.3 Å². The lowest BCUT2D eigenvalue weighted by atomic mass is 10.1. The summed E-state index contributed by atoms with van der Waals surface area (Å²) in [5.74, 6) is -1.22. The molecule has 0 unspecified atom stereocenters. The number of aliphatic hydroxyl groups is 1. The van der Waals surface area contributed by atoms with E-state index in [1.165, 1.54) is 0 Å². The van der Waals surface area contributed by atoms with Gasteiger partial charge in [0, 0.05) is 6.54 Å². The van der Waals surface area contributed by atoms with Crippen molar-refractivity contribution in [2.75, 3.05) is 6.54 Å². The van der Waals surface area contributed by atoms with E-state index in [0.717, 1.165) is 0 Å². The molecule has 0 aliphatic heterocycles. The van der Waals surface area contributed by atoms with Gasteiger partial charge in [0.2, 0.25) is 0 Å². The normalized spacial score (nSPS) is 12.1. The highest BCUT2D eigenvalue weighted by Gasteiger charge is 2.11. The highest BCUT2D eigenvalue weighted by Crippen LogP contribution is 1.99. The standard InChI is InChI=1S/C7H14N2O4/c8-7(13)9-4-2-1-3-5(10)6(11)12/h5,10H,1-4H2,(H,11,12)(H3,8,9,13)/t5-/m1/s1.